The van der Waals surface area contributed by atoms with Crippen molar-refractivity contribution >= 4 is 29.3 Å². The number of benzene rings is 1. The molecule has 0 aliphatic carbocycles. The summed E-state index contributed by atoms with van der Waals surface area (Å²) in [4.78, 5) is 24.7. The van der Waals surface area contributed by atoms with Gasteiger partial charge >= 0.3 is 12.0 Å². The van der Waals surface area contributed by atoms with Gasteiger partial charge in [-0.1, -0.05) is 18.5 Å². The van der Waals surface area contributed by atoms with E-state index >= 15 is 0 Å². The molecule has 3 N–H and O–H groups in total. The Balaban J connectivity index is 2.07. The molecule has 21 heavy (non-hydrogen) atoms. The fourth-order valence-corrected chi connectivity index (χ4v) is 2.54. The van der Waals surface area contributed by atoms with E-state index in [2.05, 4.69) is 5.32 Å². The maximum absolute atomic E-state index is 12.2. The van der Waals surface area contributed by atoms with Gasteiger partial charge in [0.2, 0.25) is 0 Å². The highest BCUT2D eigenvalue weighted by atomic mass is 35.5. The minimum atomic E-state index is -1.11. The molecule has 7 heteroatoms. The number of amides is 2. The average molecular weight is 313 g/mol. The van der Waals surface area contributed by atoms with Crippen LogP contribution in [0.25, 0.3) is 0 Å². The van der Waals surface area contributed by atoms with Crippen molar-refractivity contribution < 1.29 is 19.8 Å². The normalized spacial score (nSPS) is 22.0. The number of carbonyl (C=O) groups excluding carboxylic acids is 1. The van der Waals surface area contributed by atoms with E-state index in [0.717, 1.165) is 0 Å². The summed E-state index contributed by atoms with van der Waals surface area (Å²) < 4.78 is 0. The maximum Gasteiger partial charge on any atom is 0.335 e. The van der Waals surface area contributed by atoms with Gasteiger partial charge in [0.25, 0.3) is 0 Å². The molecule has 0 spiro atoms. The number of carboxylic acid groups (broad SMARTS) is 1. The second kappa shape index (κ2) is 6.32. The molecule has 2 rings (SSSR count). The van der Waals surface area contributed by atoms with Gasteiger partial charge in [0.05, 0.1) is 11.7 Å². The molecule has 1 fully saturated rings. The van der Waals surface area contributed by atoms with Gasteiger partial charge in [-0.25, -0.2) is 9.59 Å². The van der Waals surface area contributed by atoms with E-state index in [0.29, 0.717) is 25.2 Å². The monoisotopic (exact) mass is 312 g/mol. The van der Waals surface area contributed by atoms with Crippen LogP contribution in [0.4, 0.5) is 10.5 Å². The number of likely N-dealkylation sites (tertiary alicyclic amines) is 1. The first-order valence-electron chi connectivity index (χ1n) is 6.64. The fraction of sp³-hybridized carbons (Fsp3) is 0.429. The van der Waals surface area contributed by atoms with E-state index in [4.69, 9.17) is 16.7 Å². The van der Waals surface area contributed by atoms with Crippen molar-refractivity contribution in [3.05, 3.63) is 28.8 Å². The number of rotatable bonds is 2. The van der Waals surface area contributed by atoms with Crippen LogP contribution in [0.5, 0.6) is 0 Å². The number of nitrogens with one attached hydrogen (secondary N) is 1. The summed E-state index contributed by atoms with van der Waals surface area (Å²) in [5, 5.41) is 21.5. The van der Waals surface area contributed by atoms with Crippen LogP contribution in [0.3, 0.4) is 0 Å². The molecular weight excluding hydrogens is 296 g/mol. The van der Waals surface area contributed by atoms with Crippen LogP contribution in [-0.2, 0) is 0 Å². The third-order valence-corrected chi connectivity index (χ3v) is 3.76. The van der Waals surface area contributed by atoms with Crippen molar-refractivity contribution in [2.75, 3.05) is 18.4 Å². The lowest BCUT2D eigenvalue weighted by atomic mass is 9.97. The van der Waals surface area contributed by atoms with Crippen molar-refractivity contribution in [1.29, 1.82) is 0 Å². The number of nitrogens with zero attached hydrogens (tertiary/aromatic N) is 1. The standard InChI is InChI=1S/C14H17ClN2O4/c1-8-7-17(3-2-12(8)18)14(21)16-11-5-9(13(19)20)4-10(15)6-11/h4-6,8,12,18H,2-3,7H2,1H3,(H,16,21)(H,19,20). The van der Waals surface area contributed by atoms with Crippen molar-refractivity contribution in [3.8, 4) is 0 Å². The van der Waals surface area contributed by atoms with Crippen LogP contribution in [0.15, 0.2) is 18.2 Å². The zero-order valence-corrected chi connectivity index (χ0v) is 12.3. The molecular formula is C14H17ClN2O4. The zero-order valence-electron chi connectivity index (χ0n) is 11.5. The first-order chi connectivity index (χ1) is 9.86. The summed E-state index contributed by atoms with van der Waals surface area (Å²) in [6, 6.07) is 3.84. The number of aliphatic hydroxyl groups is 1. The Hall–Kier alpha value is -1.79. The highest BCUT2D eigenvalue weighted by Gasteiger charge is 2.27. The quantitative estimate of drug-likeness (QED) is 0.781. The Morgan fingerprint density at radius 3 is 2.71 bits per heavy atom. The van der Waals surface area contributed by atoms with Crippen LogP contribution in [-0.4, -0.2) is 46.3 Å². The highest BCUT2D eigenvalue weighted by Crippen LogP contribution is 2.21. The number of piperidine rings is 1. The number of urea groups is 1. The number of anilines is 1. The molecule has 2 amide bonds. The number of hydrogen-bond donors (Lipinski definition) is 3. The van der Waals surface area contributed by atoms with E-state index in [1.807, 2.05) is 6.92 Å². The smallest absolute Gasteiger partial charge is 0.335 e. The lowest BCUT2D eigenvalue weighted by Crippen LogP contribution is -2.46. The van der Waals surface area contributed by atoms with Crippen molar-refractivity contribution in [2.24, 2.45) is 5.92 Å². The third-order valence-electron chi connectivity index (χ3n) is 3.54. The van der Waals surface area contributed by atoms with Gasteiger partial charge < -0.3 is 20.4 Å². The van der Waals surface area contributed by atoms with Crippen LogP contribution < -0.4 is 5.32 Å². The molecule has 1 saturated heterocycles. The molecule has 1 aliphatic rings. The van der Waals surface area contributed by atoms with Gasteiger partial charge in [0, 0.05) is 23.8 Å². The molecule has 2 atom stereocenters. The maximum atomic E-state index is 12.2. The topological polar surface area (TPSA) is 89.9 Å². The Kier molecular flexibility index (Phi) is 4.69. The van der Waals surface area contributed by atoms with Gasteiger partial charge in [-0.05, 0) is 30.5 Å². The number of carbonyl (C=O) groups is 2. The number of carboxylic acids is 1. The molecule has 2 unspecified atom stereocenters. The van der Waals surface area contributed by atoms with Crippen molar-refractivity contribution in [2.45, 2.75) is 19.4 Å². The zero-order chi connectivity index (χ0) is 15.6. The largest absolute Gasteiger partial charge is 0.478 e. The van der Waals surface area contributed by atoms with Gasteiger partial charge in [-0.3, -0.25) is 0 Å². The van der Waals surface area contributed by atoms with E-state index in [-0.39, 0.29) is 28.6 Å². The predicted molar refractivity (Wildman–Crippen MR) is 78.8 cm³/mol. The summed E-state index contributed by atoms with van der Waals surface area (Å²) in [6.07, 6.45) is 0.142. The predicted octanol–water partition coefficient (Wildman–Crippen LogP) is 2.27. The highest BCUT2D eigenvalue weighted by molar-refractivity contribution is 6.31. The number of hydrogen-bond acceptors (Lipinski definition) is 3. The minimum absolute atomic E-state index is 0.0124. The van der Waals surface area contributed by atoms with Crippen molar-refractivity contribution in [1.82, 2.24) is 4.90 Å². The van der Waals surface area contributed by atoms with Crippen LogP contribution >= 0.6 is 11.6 Å². The molecule has 1 aromatic rings. The lowest BCUT2D eigenvalue weighted by molar-refractivity contribution is 0.0505. The number of aromatic carboxylic acids is 1. The Morgan fingerprint density at radius 1 is 1.38 bits per heavy atom. The Morgan fingerprint density at radius 2 is 2.10 bits per heavy atom. The molecule has 0 aromatic heterocycles. The van der Waals surface area contributed by atoms with E-state index in [1.54, 1.807) is 4.90 Å². The Labute approximate surface area is 127 Å². The summed E-state index contributed by atoms with van der Waals surface area (Å²) >= 11 is 5.84. The SMILES string of the molecule is CC1CN(C(=O)Nc2cc(Cl)cc(C(=O)O)c2)CCC1O. The van der Waals surface area contributed by atoms with Gasteiger partial charge in [-0.2, -0.15) is 0 Å². The van der Waals surface area contributed by atoms with Gasteiger partial charge in [-0.15, -0.1) is 0 Å². The van der Waals surface area contributed by atoms with Crippen molar-refractivity contribution in [3.63, 3.8) is 0 Å². The summed E-state index contributed by atoms with van der Waals surface area (Å²) in [6.45, 7) is 2.80. The molecule has 1 aromatic carbocycles. The fourth-order valence-electron chi connectivity index (χ4n) is 2.31. The van der Waals surface area contributed by atoms with Crippen LogP contribution in [0.2, 0.25) is 5.02 Å². The molecule has 0 saturated carbocycles. The van der Waals surface area contributed by atoms with E-state index < -0.39 is 5.97 Å². The summed E-state index contributed by atoms with van der Waals surface area (Å²) in [5.41, 5.74) is 0.351. The number of aliphatic hydroxyl groups excluding tert-OH is 1. The van der Waals surface area contributed by atoms with Crippen LogP contribution in [0.1, 0.15) is 23.7 Å². The third kappa shape index (κ3) is 3.86. The molecule has 1 aliphatic heterocycles. The van der Waals surface area contributed by atoms with Gasteiger partial charge in [0.15, 0.2) is 0 Å². The van der Waals surface area contributed by atoms with Gasteiger partial charge in [0.1, 0.15) is 0 Å². The Bertz CT molecular complexity index is 564. The molecule has 0 radical (unpaired) electrons. The second-order valence-electron chi connectivity index (χ2n) is 5.24. The summed E-state index contributed by atoms with van der Waals surface area (Å²) in [7, 11) is 0. The average Bonchev–Trinajstić information content (AvgIpc) is 2.41. The lowest BCUT2D eigenvalue weighted by Gasteiger charge is -2.34. The molecule has 6 nitrogen and oxygen atoms in total. The van der Waals surface area contributed by atoms with Crippen LogP contribution in [0, 0.1) is 5.92 Å². The molecule has 0 bridgehead atoms. The van der Waals surface area contributed by atoms with E-state index in [9.17, 15) is 14.7 Å². The second-order valence-corrected chi connectivity index (χ2v) is 5.68. The molecule has 1 heterocycles. The minimum Gasteiger partial charge on any atom is -0.478 e. The molecule has 114 valence electrons. The summed E-state index contributed by atoms with van der Waals surface area (Å²) in [5.74, 6) is -1.10. The van der Waals surface area contributed by atoms with E-state index in [1.165, 1.54) is 18.2 Å². The first-order valence-corrected chi connectivity index (χ1v) is 7.02. The number of halogens is 1. The first kappa shape index (κ1) is 15.6.